The van der Waals surface area contributed by atoms with E-state index in [9.17, 15) is 17.6 Å². The van der Waals surface area contributed by atoms with E-state index in [-0.39, 0.29) is 30.0 Å². The maximum atomic E-state index is 13.7. The van der Waals surface area contributed by atoms with Crippen molar-refractivity contribution in [2.75, 3.05) is 6.26 Å². The van der Waals surface area contributed by atoms with Crippen LogP contribution in [0.4, 0.5) is 4.39 Å². The van der Waals surface area contributed by atoms with Crippen molar-refractivity contribution in [3.05, 3.63) is 36.0 Å². The molecule has 1 unspecified atom stereocenters. The van der Waals surface area contributed by atoms with Crippen LogP contribution in [0.15, 0.2) is 28.9 Å². The van der Waals surface area contributed by atoms with Crippen molar-refractivity contribution in [3.8, 4) is 11.4 Å². The largest absolute Gasteiger partial charge is 0.361 e. The number of rotatable bonds is 6. The molecule has 2 N–H and O–H groups in total. The molecule has 0 saturated heterocycles. The third-order valence-corrected chi connectivity index (χ3v) is 5.84. The standard InChI is InChI=1S/C14H16FN3O5S/c1-14(13(19)17-20,24(2,21)22)6-5-9-8-11(18-23-9)12-10(15)4-3-7-16-12/h3-4,7-8,20H,5-6H2,1-2H3,(H,17,19). The van der Waals surface area contributed by atoms with Crippen molar-refractivity contribution in [2.24, 2.45) is 0 Å². The van der Waals surface area contributed by atoms with Crippen LogP contribution in [0.2, 0.25) is 0 Å². The number of sulfone groups is 1. The van der Waals surface area contributed by atoms with Gasteiger partial charge in [0.05, 0.1) is 0 Å². The molecular weight excluding hydrogens is 341 g/mol. The van der Waals surface area contributed by atoms with Crippen molar-refractivity contribution < 1.29 is 27.3 Å². The minimum Gasteiger partial charge on any atom is -0.361 e. The summed E-state index contributed by atoms with van der Waals surface area (Å²) in [5, 5.41) is 12.5. The van der Waals surface area contributed by atoms with Crippen LogP contribution in [-0.2, 0) is 21.1 Å². The van der Waals surface area contributed by atoms with E-state index in [1.165, 1.54) is 36.8 Å². The summed E-state index contributed by atoms with van der Waals surface area (Å²) in [5.74, 6) is -1.35. The molecular formula is C14H16FN3O5S. The number of aryl methyl sites for hydroxylation is 1. The number of carbonyl (C=O) groups is 1. The van der Waals surface area contributed by atoms with Crippen LogP contribution < -0.4 is 5.48 Å². The van der Waals surface area contributed by atoms with Crippen LogP contribution in [-0.4, -0.2) is 40.7 Å². The van der Waals surface area contributed by atoms with Crippen LogP contribution in [0.3, 0.4) is 0 Å². The van der Waals surface area contributed by atoms with E-state index < -0.39 is 26.3 Å². The molecule has 0 aliphatic rings. The number of amides is 1. The van der Waals surface area contributed by atoms with Crippen molar-refractivity contribution >= 4 is 15.7 Å². The Kier molecular flexibility index (Phi) is 4.99. The highest BCUT2D eigenvalue weighted by molar-refractivity contribution is 7.92. The van der Waals surface area contributed by atoms with Crippen LogP contribution in [0.5, 0.6) is 0 Å². The summed E-state index contributed by atoms with van der Waals surface area (Å²) in [6, 6.07) is 4.08. The SMILES string of the molecule is CC(CCc1cc(-c2ncccc2F)no1)(C(=O)NO)S(C)(=O)=O. The zero-order chi connectivity index (χ0) is 18.0. The summed E-state index contributed by atoms with van der Waals surface area (Å²) in [6.45, 7) is 1.20. The van der Waals surface area contributed by atoms with E-state index in [4.69, 9.17) is 9.73 Å². The number of carbonyl (C=O) groups excluding carboxylic acids is 1. The van der Waals surface area contributed by atoms with E-state index in [2.05, 4.69) is 10.1 Å². The average Bonchev–Trinajstić information content (AvgIpc) is 2.99. The molecule has 0 bridgehead atoms. The zero-order valence-electron chi connectivity index (χ0n) is 13.0. The summed E-state index contributed by atoms with van der Waals surface area (Å²) in [4.78, 5) is 15.6. The smallest absolute Gasteiger partial charge is 0.264 e. The van der Waals surface area contributed by atoms with Gasteiger partial charge in [0.15, 0.2) is 15.7 Å². The number of hydroxylamine groups is 1. The molecule has 1 atom stereocenters. The van der Waals surface area contributed by atoms with E-state index in [0.717, 1.165) is 6.26 Å². The van der Waals surface area contributed by atoms with Crippen molar-refractivity contribution in [1.82, 2.24) is 15.6 Å². The number of nitrogens with zero attached hydrogens (tertiary/aromatic N) is 2. The van der Waals surface area contributed by atoms with Crippen molar-refractivity contribution in [3.63, 3.8) is 0 Å². The van der Waals surface area contributed by atoms with Gasteiger partial charge in [-0.3, -0.25) is 15.0 Å². The minimum absolute atomic E-state index is 0.00600. The fraction of sp³-hybridized carbons (Fsp3) is 0.357. The predicted molar refractivity (Wildman–Crippen MR) is 81.2 cm³/mol. The first-order valence-electron chi connectivity index (χ1n) is 6.89. The Bertz CT molecular complexity index is 852. The van der Waals surface area contributed by atoms with E-state index in [1.54, 1.807) is 0 Å². The fourth-order valence-electron chi connectivity index (χ4n) is 2.06. The topological polar surface area (TPSA) is 122 Å². The predicted octanol–water partition coefficient (Wildman–Crippen LogP) is 1.12. The number of nitrogens with one attached hydrogen (secondary N) is 1. The summed E-state index contributed by atoms with van der Waals surface area (Å²) < 4.78 is 40.6. The summed E-state index contributed by atoms with van der Waals surface area (Å²) >= 11 is 0. The molecule has 2 heterocycles. The van der Waals surface area contributed by atoms with E-state index in [1.807, 2.05) is 0 Å². The lowest BCUT2D eigenvalue weighted by atomic mass is 10.0. The fourth-order valence-corrected chi connectivity index (χ4v) is 2.92. The van der Waals surface area contributed by atoms with Gasteiger partial charge in [0, 0.05) is 24.9 Å². The van der Waals surface area contributed by atoms with Crippen LogP contribution in [0, 0.1) is 5.82 Å². The Hall–Kier alpha value is -2.33. The van der Waals surface area contributed by atoms with Gasteiger partial charge >= 0.3 is 0 Å². The molecule has 2 rings (SSSR count). The summed E-state index contributed by atoms with van der Waals surface area (Å²) in [5.41, 5.74) is 1.53. The molecule has 0 radical (unpaired) electrons. The lowest BCUT2D eigenvalue weighted by Crippen LogP contribution is -2.49. The monoisotopic (exact) mass is 357 g/mol. The average molecular weight is 357 g/mol. The van der Waals surface area contributed by atoms with Crippen molar-refractivity contribution in [2.45, 2.75) is 24.5 Å². The highest BCUT2D eigenvalue weighted by atomic mass is 32.2. The second kappa shape index (κ2) is 6.65. The number of hydrogen-bond donors (Lipinski definition) is 2. The van der Waals surface area contributed by atoms with Gasteiger partial charge < -0.3 is 4.52 Å². The number of halogens is 1. The molecule has 1 amide bonds. The third-order valence-electron chi connectivity index (χ3n) is 3.81. The van der Waals surface area contributed by atoms with Crippen molar-refractivity contribution in [1.29, 1.82) is 0 Å². The highest BCUT2D eigenvalue weighted by Crippen LogP contribution is 2.25. The van der Waals surface area contributed by atoms with Gasteiger partial charge in [0.1, 0.15) is 21.9 Å². The second-order valence-corrected chi connectivity index (χ2v) is 7.90. The van der Waals surface area contributed by atoms with Crippen LogP contribution in [0.25, 0.3) is 11.4 Å². The third kappa shape index (κ3) is 3.44. The maximum absolute atomic E-state index is 13.7. The Morgan fingerprint density at radius 2 is 2.21 bits per heavy atom. The van der Waals surface area contributed by atoms with Gasteiger partial charge in [-0.2, -0.15) is 0 Å². The molecule has 10 heteroatoms. The molecule has 24 heavy (non-hydrogen) atoms. The molecule has 2 aromatic heterocycles. The Labute approximate surface area is 137 Å². The Morgan fingerprint density at radius 1 is 1.50 bits per heavy atom. The normalized spacial score (nSPS) is 14.2. The molecule has 2 aromatic rings. The molecule has 0 aliphatic heterocycles. The first-order valence-corrected chi connectivity index (χ1v) is 8.79. The van der Waals surface area contributed by atoms with Gasteiger partial charge in [-0.05, 0) is 25.5 Å². The van der Waals surface area contributed by atoms with Gasteiger partial charge in [-0.25, -0.2) is 18.3 Å². The lowest BCUT2D eigenvalue weighted by Gasteiger charge is -2.24. The number of hydrogen-bond acceptors (Lipinski definition) is 7. The second-order valence-electron chi connectivity index (χ2n) is 5.46. The quantitative estimate of drug-likeness (QED) is 0.586. The lowest BCUT2D eigenvalue weighted by molar-refractivity contribution is -0.131. The van der Waals surface area contributed by atoms with Gasteiger partial charge in [0.25, 0.3) is 5.91 Å². The molecule has 0 aliphatic carbocycles. The van der Waals surface area contributed by atoms with Gasteiger partial charge in [-0.1, -0.05) is 5.16 Å². The molecule has 0 spiro atoms. The zero-order valence-corrected chi connectivity index (χ0v) is 13.8. The Balaban J connectivity index is 2.21. The first kappa shape index (κ1) is 18.0. The molecule has 130 valence electrons. The van der Waals surface area contributed by atoms with Gasteiger partial charge in [-0.15, -0.1) is 0 Å². The maximum Gasteiger partial charge on any atom is 0.264 e. The van der Waals surface area contributed by atoms with Crippen LogP contribution in [0.1, 0.15) is 19.1 Å². The highest BCUT2D eigenvalue weighted by Gasteiger charge is 2.43. The van der Waals surface area contributed by atoms with Crippen LogP contribution >= 0.6 is 0 Å². The summed E-state index contributed by atoms with van der Waals surface area (Å²) in [6.07, 6.45) is 2.19. The molecule has 0 fully saturated rings. The Morgan fingerprint density at radius 3 is 2.79 bits per heavy atom. The number of pyridine rings is 1. The molecule has 0 saturated carbocycles. The van der Waals surface area contributed by atoms with E-state index in [0.29, 0.717) is 0 Å². The first-order chi connectivity index (χ1) is 11.2. The van der Waals surface area contributed by atoms with Gasteiger partial charge in [0.2, 0.25) is 0 Å². The number of aromatic nitrogens is 2. The summed E-state index contributed by atoms with van der Waals surface area (Å²) in [7, 11) is -3.80. The molecule has 8 nitrogen and oxygen atoms in total. The van der Waals surface area contributed by atoms with E-state index >= 15 is 0 Å². The molecule has 0 aromatic carbocycles. The minimum atomic E-state index is -3.80.